The highest BCUT2D eigenvalue weighted by atomic mass is 35.5. The number of benzene rings is 3. The van der Waals surface area contributed by atoms with Gasteiger partial charge in [0.15, 0.2) is 28.0 Å². The molecule has 2 fully saturated rings. The summed E-state index contributed by atoms with van der Waals surface area (Å²) in [4.78, 5) is 34.2. The molecule has 0 atom stereocenters. The standard InChI is InChI=1S/C28H29FN4O3.C22H25ClN4O3/c1-28(2,35)16-31-23-14-22(18-6-9-20(29)10-7-18)32-33-24(15-30-27(23)33)21-11-8-19(13-26(21)36-3)25(34)12-17-4-5-17;1-22(2,29)12-25-16-10-20(23)26-27-17(11-24-21(16)27)15-7-6-14(9-19(15)30-3)18(28)8-13-4-5-13/h6-11,13-15,17,31,35H,4-5,12,16H2,1-3H3;6-7,9-11,13,25,29H,4-5,8,12H2,1-3H3. The van der Waals surface area contributed by atoms with Crippen LogP contribution in [0.2, 0.25) is 5.15 Å². The highest BCUT2D eigenvalue weighted by Gasteiger charge is 2.27. The Hall–Kier alpha value is -6.42. The topological polar surface area (TPSA) is 177 Å². The number of halogens is 2. The molecule has 2 aliphatic carbocycles. The second kappa shape index (κ2) is 18.8. The molecule has 14 nitrogen and oxygen atoms in total. The summed E-state index contributed by atoms with van der Waals surface area (Å²) in [6.45, 7) is 7.48. The molecule has 344 valence electrons. The van der Waals surface area contributed by atoms with Crippen molar-refractivity contribution in [2.75, 3.05) is 37.9 Å². The number of ether oxygens (including phenoxy) is 2. The third-order valence-corrected chi connectivity index (χ3v) is 11.6. The summed E-state index contributed by atoms with van der Waals surface area (Å²) in [7, 11) is 3.15. The predicted molar refractivity (Wildman–Crippen MR) is 253 cm³/mol. The molecule has 66 heavy (non-hydrogen) atoms. The molecule has 4 N–H and O–H groups in total. The Morgan fingerprint density at radius 2 is 1.15 bits per heavy atom. The Morgan fingerprint density at radius 3 is 1.59 bits per heavy atom. The lowest BCUT2D eigenvalue weighted by Crippen LogP contribution is -2.29. The number of aromatic nitrogens is 6. The summed E-state index contributed by atoms with van der Waals surface area (Å²) < 4.78 is 28.1. The van der Waals surface area contributed by atoms with Gasteiger partial charge in [0, 0.05) is 59.8 Å². The first-order valence-corrected chi connectivity index (χ1v) is 22.4. The molecule has 0 bridgehead atoms. The van der Waals surface area contributed by atoms with Crippen molar-refractivity contribution in [2.45, 2.75) is 77.4 Å². The molecular formula is C50H54ClFN8O6. The summed E-state index contributed by atoms with van der Waals surface area (Å²) in [5, 5.41) is 36.2. The number of nitrogens with one attached hydrogen (secondary N) is 2. The summed E-state index contributed by atoms with van der Waals surface area (Å²) >= 11 is 6.25. The lowest BCUT2D eigenvalue weighted by atomic mass is 10.0. The van der Waals surface area contributed by atoms with Crippen LogP contribution in [0.25, 0.3) is 45.1 Å². The normalized spacial score (nSPS) is 13.9. The molecule has 0 spiro atoms. The minimum Gasteiger partial charge on any atom is -0.496 e. The number of hydrogen-bond donors (Lipinski definition) is 4. The van der Waals surface area contributed by atoms with E-state index >= 15 is 0 Å². The Bertz CT molecular complexity index is 2910. The van der Waals surface area contributed by atoms with E-state index in [1.54, 1.807) is 93.7 Å². The number of imidazole rings is 2. The van der Waals surface area contributed by atoms with Crippen LogP contribution in [0.1, 0.15) is 86.9 Å². The minimum absolute atomic E-state index is 0.121. The van der Waals surface area contributed by atoms with E-state index in [1.807, 2.05) is 30.3 Å². The zero-order valence-electron chi connectivity index (χ0n) is 37.9. The van der Waals surface area contributed by atoms with Crippen molar-refractivity contribution in [1.82, 2.24) is 29.2 Å². The Kier molecular flexibility index (Phi) is 13.2. The van der Waals surface area contributed by atoms with E-state index in [1.165, 1.54) is 12.1 Å². The molecule has 0 amide bonds. The van der Waals surface area contributed by atoms with Gasteiger partial charge in [-0.2, -0.15) is 10.2 Å². The van der Waals surface area contributed by atoms with Crippen molar-refractivity contribution >= 4 is 45.8 Å². The van der Waals surface area contributed by atoms with Crippen molar-refractivity contribution in [3.8, 4) is 45.3 Å². The molecule has 3 aromatic carbocycles. The molecular weight excluding hydrogens is 863 g/mol. The first kappa shape index (κ1) is 46.1. The van der Waals surface area contributed by atoms with E-state index in [4.69, 9.17) is 26.2 Å². The minimum atomic E-state index is -0.947. The number of rotatable bonds is 17. The zero-order chi connectivity index (χ0) is 46.9. The molecule has 0 saturated heterocycles. The SMILES string of the molecule is COc1cc(C(=O)CC2CC2)ccc1-c1cnc2c(NCC(C)(C)O)cc(-c3ccc(F)cc3)nn12.COc1cc(C(=O)CC2CC2)ccc1-c1cnc2c(NCC(C)(C)O)cc(Cl)nn12. The maximum atomic E-state index is 13.6. The number of aliphatic hydroxyl groups is 2. The molecule has 2 saturated carbocycles. The monoisotopic (exact) mass is 916 g/mol. The van der Waals surface area contributed by atoms with Crippen LogP contribution in [-0.4, -0.2) is 89.5 Å². The molecule has 4 heterocycles. The number of fused-ring (bicyclic) bond motifs is 2. The molecule has 2 aliphatic rings. The largest absolute Gasteiger partial charge is 0.496 e. The highest BCUT2D eigenvalue weighted by Crippen LogP contribution is 2.38. The van der Waals surface area contributed by atoms with Crippen LogP contribution >= 0.6 is 11.6 Å². The molecule has 0 unspecified atom stereocenters. The van der Waals surface area contributed by atoms with E-state index in [2.05, 4.69) is 25.7 Å². The van der Waals surface area contributed by atoms with Gasteiger partial charge >= 0.3 is 0 Å². The van der Waals surface area contributed by atoms with Gasteiger partial charge in [-0.25, -0.2) is 23.4 Å². The van der Waals surface area contributed by atoms with Gasteiger partial charge in [0.05, 0.1) is 66.3 Å². The second-order valence-corrected chi connectivity index (χ2v) is 18.8. The van der Waals surface area contributed by atoms with Crippen molar-refractivity contribution < 1.29 is 33.7 Å². The van der Waals surface area contributed by atoms with E-state index in [-0.39, 0.29) is 22.5 Å². The Balaban J connectivity index is 0.000000182. The van der Waals surface area contributed by atoms with E-state index < -0.39 is 11.2 Å². The van der Waals surface area contributed by atoms with E-state index in [0.29, 0.717) is 100 Å². The maximum absolute atomic E-state index is 13.6. The fourth-order valence-corrected chi connectivity index (χ4v) is 7.66. The number of nitrogens with zero attached hydrogens (tertiary/aromatic N) is 6. The van der Waals surface area contributed by atoms with Crippen molar-refractivity contribution in [3.05, 3.63) is 107 Å². The number of hydrogen-bond acceptors (Lipinski definition) is 12. The molecule has 16 heteroatoms. The number of anilines is 2. The molecule has 0 aliphatic heterocycles. The third-order valence-electron chi connectivity index (χ3n) is 11.4. The molecule has 4 aromatic heterocycles. The van der Waals surface area contributed by atoms with Gasteiger partial charge in [-0.05, 0) is 120 Å². The first-order chi connectivity index (χ1) is 31.5. The quantitative estimate of drug-likeness (QED) is 0.0637. The zero-order valence-corrected chi connectivity index (χ0v) is 38.6. The number of carbonyl (C=O) groups excluding carboxylic acids is 2. The highest BCUT2D eigenvalue weighted by molar-refractivity contribution is 6.29. The smallest absolute Gasteiger partial charge is 0.177 e. The van der Waals surface area contributed by atoms with Crippen molar-refractivity contribution in [2.24, 2.45) is 11.8 Å². The number of ketones is 2. The van der Waals surface area contributed by atoms with Crippen molar-refractivity contribution in [1.29, 1.82) is 0 Å². The van der Waals surface area contributed by atoms with Gasteiger partial charge in [0.2, 0.25) is 0 Å². The average molecular weight is 917 g/mol. The summed E-state index contributed by atoms with van der Waals surface area (Å²) in [6, 6.07) is 20.5. The summed E-state index contributed by atoms with van der Waals surface area (Å²) in [5.41, 5.74) is 6.13. The van der Waals surface area contributed by atoms with Gasteiger partial charge in [-0.1, -0.05) is 23.7 Å². The first-order valence-electron chi connectivity index (χ1n) is 22.0. The van der Waals surface area contributed by atoms with Crippen molar-refractivity contribution in [3.63, 3.8) is 0 Å². The van der Waals surface area contributed by atoms with Gasteiger partial charge in [0.1, 0.15) is 17.3 Å². The van der Waals surface area contributed by atoms with Crippen LogP contribution in [0, 0.1) is 17.7 Å². The number of Topliss-reactive ketones (excluding diaryl/α,β-unsaturated/α-hetero) is 2. The van der Waals surface area contributed by atoms with Gasteiger partial charge < -0.3 is 30.3 Å². The molecule has 9 rings (SSSR count). The van der Waals surface area contributed by atoms with E-state index in [9.17, 15) is 24.2 Å². The van der Waals surface area contributed by atoms with Crippen LogP contribution in [0.5, 0.6) is 11.5 Å². The second-order valence-electron chi connectivity index (χ2n) is 18.4. The van der Waals surface area contributed by atoms with Crippen LogP contribution in [0.4, 0.5) is 15.8 Å². The fraction of sp³-hybridized carbons (Fsp3) is 0.360. The third kappa shape index (κ3) is 11.0. The van der Waals surface area contributed by atoms with Crippen LogP contribution in [0.15, 0.2) is 85.2 Å². The van der Waals surface area contributed by atoms with E-state index in [0.717, 1.165) is 42.4 Å². The lowest BCUT2D eigenvalue weighted by molar-refractivity contribution is 0.0939. The summed E-state index contributed by atoms with van der Waals surface area (Å²) in [5.74, 6) is 2.10. The summed E-state index contributed by atoms with van der Waals surface area (Å²) in [6.07, 6.45) is 9.07. The number of methoxy groups -OCH3 is 2. The Morgan fingerprint density at radius 1 is 0.697 bits per heavy atom. The van der Waals surface area contributed by atoms with Crippen LogP contribution in [-0.2, 0) is 0 Å². The Labute approximate surface area is 387 Å². The fourth-order valence-electron chi connectivity index (χ4n) is 7.48. The van der Waals surface area contributed by atoms with Gasteiger partial charge in [-0.3, -0.25) is 9.59 Å². The lowest BCUT2D eigenvalue weighted by Gasteiger charge is -2.19. The van der Waals surface area contributed by atoms with Gasteiger partial charge in [0.25, 0.3) is 0 Å². The van der Waals surface area contributed by atoms with Gasteiger partial charge in [-0.15, -0.1) is 0 Å². The maximum Gasteiger partial charge on any atom is 0.177 e. The average Bonchev–Trinajstić information content (AvgIpc) is 4.21. The number of carbonyl (C=O) groups is 2. The van der Waals surface area contributed by atoms with Crippen LogP contribution < -0.4 is 20.1 Å². The predicted octanol–water partition coefficient (Wildman–Crippen LogP) is 9.60. The molecule has 0 radical (unpaired) electrons. The molecule has 7 aromatic rings. The van der Waals surface area contributed by atoms with Crippen LogP contribution in [0.3, 0.4) is 0 Å².